The number of amides is 1. The van der Waals surface area contributed by atoms with Gasteiger partial charge in [0, 0.05) is 32.2 Å². The van der Waals surface area contributed by atoms with Gasteiger partial charge in [-0.25, -0.2) is 31.7 Å². The van der Waals surface area contributed by atoms with E-state index < -0.39 is 35.9 Å². The second-order valence-electron chi connectivity index (χ2n) is 8.09. The molecule has 0 radical (unpaired) electrons. The number of hydrogen-bond acceptors (Lipinski definition) is 10. The van der Waals surface area contributed by atoms with Crippen LogP contribution < -0.4 is 20.1 Å². The lowest BCUT2D eigenvalue weighted by Crippen LogP contribution is -2.41. The summed E-state index contributed by atoms with van der Waals surface area (Å²) < 4.78 is 54.4. The molecule has 2 fully saturated rings. The molecule has 5 N–H and O–H groups in total. The van der Waals surface area contributed by atoms with Crippen LogP contribution in [0.3, 0.4) is 0 Å². The summed E-state index contributed by atoms with van der Waals surface area (Å²) in [6.45, 7) is 1.02. The normalized spacial score (nSPS) is 23.9. The molecule has 1 aromatic carbocycles. The molecule has 13 nitrogen and oxygen atoms in total. The Balaban J connectivity index is 1.90. The summed E-state index contributed by atoms with van der Waals surface area (Å²) in [5.41, 5.74) is -0.0523. The van der Waals surface area contributed by atoms with Gasteiger partial charge in [0.2, 0.25) is 26.0 Å². The van der Waals surface area contributed by atoms with Crippen LogP contribution in [0.15, 0.2) is 37.1 Å². The van der Waals surface area contributed by atoms with Crippen molar-refractivity contribution in [3.05, 3.63) is 17.7 Å². The zero-order valence-electron chi connectivity index (χ0n) is 17.6. The highest BCUT2D eigenvalue weighted by molar-refractivity contribution is 7.92. The van der Waals surface area contributed by atoms with Crippen molar-refractivity contribution in [3.63, 3.8) is 0 Å². The SMILES string of the molecule is NS(=O)(=O)c1c(S(=O)(=O)N[C@@H]2CCNC2)ccc(N2CCC(CO)CC2=O)c1C1=NCN=N1. The Morgan fingerprint density at radius 2 is 2.03 bits per heavy atom. The number of carbonyl (C=O) groups is 1. The Bertz CT molecular complexity index is 1220. The van der Waals surface area contributed by atoms with Crippen molar-refractivity contribution >= 4 is 37.5 Å². The number of aliphatic hydroxyl groups excluding tert-OH is 1. The van der Waals surface area contributed by atoms with E-state index in [2.05, 4.69) is 25.3 Å². The van der Waals surface area contributed by atoms with E-state index in [-0.39, 0.29) is 55.2 Å². The number of piperidine rings is 1. The molecule has 1 unspecified atom stereocenters. The molecule has 3 heterocycles. The third-order valence-corrected chi connectivity index (χ3v) is 8.49. The number of sulfonamides is 2. The number of hydrogen-bond donors (Lipinski definition) is 4. The summed E-state index contributed by atoms with van der Waals surface area (Å²) >= 11 is 0. The number of anilines is 1. The number of carbonyl (C=O) groups excluding carboxylic acids is 1. The lowest BCUT2D eigenvalue weighted by molar-refractivity contribution is -0.121. The quantitative estimate of drug-likeness (QED) is 0.364. The fraction of sp³-hybridized carbons (Fsp3) is 0.556. The molecule has 0 aliphatic carbocycles. The first-order valence-electron chi connectivity index (χ1n) is 10.4. The van der Waals surface area contributed by atoms with Crippen LogP contribution >= 0.6 is 0 Å². The summed E-state index contributed by atoms with van der Waals surface area (Å²) in [6, 6.07) is 2.08. The molecule has 0 spiro atoms. The van der Waals surface area contributed by atoms with Crippen molar-refractivity contribution in [2.45, 2.75) is 35.1 Å². The molecule has 2 atom stereocenters. The van der Waals surface area contributed by atoms with Gasteiger partial charge in [0.25, 0.3) is 0 Å². The third-order valence-electron chi connectivity index (χ3n) is 5.80. The minimum absolute atomic E-state index is 0.0604. The van der Waals surface area contributed by atoms with Gasteiger partial charge < -0.3 is 15.3 Å². The van der Waals surface area contributed by atoms with Gasteiger partial charge in [0.1, 0.15) is 9.79 Å². The molecule has 0 bridgehead atoms. The number of nitrogens with one attached hydrogen (secondary N) is 2. The molecule has 15 heteroatoms. The van der Waals surface area contributed by atoms with Gasteiger partial charge in [0.15, 0.2) is 12.5 Å². The maximum Gasteiger partial charge on any atom is 0.242 e. The summed E-state index contributed by atoms with van der Waals surface area (Å²) in [5, 5.41) is 25.6. The number of aliphatic hydroxyl groups is 1. The topological polar surface area (TPSA) is 196 Å². The van der Waals surface area contributed by atoms with Crippen LogP contribution in [0.4, 0.5) is 5.69 Å². The predicted octanol–water partition coefficient (Wildman–Crippen LogP) is -1.12. The van der Waals surface area contributed by atoms with Crippen molar-refractivity contribution in [1.82, 2.24) is 10.0 Å². The smallest absolute Gasteiger partial charge is 0.242 e. The number of rotatable bonds is 7. The largest absolute Gasteiger partial charge is 0.396 e. The molecule has 1 aromatic rings. The molecular formula is C18H25N7O6S2. The maximum atomic E-state index is 13.2. The number of benzene rings is 1. The van der Waals surface area contributed by atoms with Gasteiger partial charge in [-0.05, 0) is 37.4 Å². The van der Waals surface area contributed by atoms with Gasteiger partial charge in [-0.15, -0.1) is 5.11 Å². The number of amidine groups is 1. The molecule has 1 amide bonds. The highest BCUT2D eigenvalue weighted by Gasteiger charge is 2.37. The predicted molar refractivity (Wildman–Crippen MR) is 118 cm³/mol. The van der Waals surface area contributed by atoms with Crippen LogP contribution in [-0.4, -0.2) is 72.6 Å². The first-order valence-corrected chi connectivity index (χ1v) is 13.4. The first kappa shape index (κ1) is 23.8. The highest BCUT2D eigenvalue weighted by Crippen LogP contribution is 2.36. The lowest BCUT2D eigenvalue weighted by atomic mass is 9.96. The second-order valence-corrected chi connectivity index (χ2v) is 11.3. The fourth-order valence-corrected chi connectivity index (χ4v) is 7.06. The summed E-state index contributed by atoms with van der Waals surface area (Å²) in [6.07, 6.45) is 1.09. The molecule has 0 aromatic heterocycles. The average molecular weight is 500 g/mol. The standard InChI is InChI=1S/C18H25N7O6S2/c19-32(28,29)17-14(33(30,31)24-12-3-5-20-8-12)2-1-13(16(17)18-21-10-22-23-18)25-6-4-11(9-26)7-15(25)27/h1-2,11-12,20,24,26H,3-10H2,(H2,19,28,29)/t11?,12-/m1/s1. The Labute approximate surface area is 191 Å². The Morgan fingerprint density at radius 3 is 2.61 bits per heavy atom. The maximum absolute atomic E-state index is 13.2. The van der Waals surface area contributed by atoms with E-state index in [9.17, 15) is 26.7 Å². The van der Waals surface area contributed by atoms with Gasteiger partial charge in [-0.1, -0.05) is 0 Å². The van der Waals surface area contributed by atoms with E-state index in [1.165, 1.54) is 11.0 Å². The molecule has 2 saturated heterocycles. The van der Waals surface area contributed by atoms with Crippen molar-refractivity contribution in [1.29, 1.82) is 0 Å². The minimum Gasteiger partial charge on any atom is -0.396 e. The zero-order chi connectivity index (χ0) is 23.8. The summed E-state index contributed by atoms with van der Waals surface area (Å²) in [7, 11) is -8.90. The molecule has 4 rings (SSSR count). The van der Waals surface area contributed by atoms with Gasteiger partial charge in [-0.3, -0.25) is 4.79 Å². The Kier molecular flexibility index (Phi) is 6.61. The van der Waals surface area contributed by atoms with E-state index in [1.54, 1.807) is 0 Å². The second kappa shape index (κ2) is 9.15. The van der Waals surface area contributed by atoms with Crippen LogP contribution in [0.25, 0.3) is 0 Å². The van der Waals surface area contributed by atoms with E-state index in [1.807, 2.05) is 0 Å². The van der Waals surface area contributed by atoms with E-state index >= 15 is 0 Å². The number of azo groups is 1. The number of aliphatic imine (C=N–C) groups is 1. The molecule has 33 heavy (non-hydrogen) atoms. The Morgan fingerprint density at radius 1 is 1.24 bits per heavy atom. The molecule has 3 aliphatic heterocycles. The van der Waals surface area contributed by atoms with Crippen LogP contribution in [0, 0.1) is 5.92 Å². The monoisotopic (exact) mass is 499 g/mol. The van der Waals surface area contributed by atoms with E-state index in [0.717, 1.165) is 6.07 Å². The molecule has 3 aliphatic rings. The van der Waals surface area contributed by atoms with E-state index in [0.29, 0.717) is 25.9 Å². The molecular weight excluding hydrogens is 474 g/mol. The number of nitrogens with zero attached hydrogens (tertiary/aromatic N) is 4. The van der Waals surface area contributed by atoms with Gasteiger partial charge in [0.05, 0.1) is 11.3 Å². The van der Waals surface area contributed by atoms with Gasteiger partial charge in [-0.2, -0.15) is 5.11 Å². The average Bonchev–Trinajstić information content (AvgIpc) is 3.46. The van der Waals surface area contributed by atoms with Crippen molar-refractivity contribution in [2.75, 3.05) is 37.8 Å². The fourth-order valence-electron chi connectivity index (χ4n) is 4.19. The minimum atomic E-state index is -4.61. The van der Waals surface area contributed by atoms with Crippen LogP contribution in [0.5, 0.6) is 0 Å². The van der Waals surface area contributed by atoms with Crippen molar-refractivity contribution in [3.8, 4) is 0 Å². The zero-order valence-corrected chi connectivity index (χ0v) is 19.3. The summed E-state index contributed by atoms with van der Waals surface area (Å²) in [5.74, 6) is -0.670. The number of nitrogens with two attached hydrogens (primary N) is 1. The van der Waals surface area contributed by atoms with Crippen LogP contribution in [0.2, 0.25) is 0 Å². The molecule has 0 saturated carbocycles. The lowest BCUT2D eigenvalue weighted by Gasteiger charge is -2.32. The van der Waals surface area contributed by atoms with Gasteiger partial charge >= 0.3 is 0 Å². The Hall–Kier alpha value is -2.30. The summed E-state index contributed by atoms with van der Waals surface area (Å²) in [4.78, 5) is 17.0. The third kappa shape index (κ3) is 4.83. The molecule has 180 valence electrons. The van der Waals surface area contributed by atoms with Crippen molar-refractivity contribution in [2.24, 2.45) is 26.3 Å². The highest BCUT2D eigenvalue weighted by atomic mass is 32.2. The van der Waals surface area contributed by atoms with Crippen LogP contribution in [-0.2, 0) is 24.8 Å². The van der Waals surface area contributed by atoms with Crippen molar-refractivity contribution < 1.29 is 26.7 Å². The first-order chi connectivity index (χ1) is 15.6. The number of primary sulfonamides is 1. The van der Waals surface area contributed by atoms with E-state index in [4.69, 9.17) is 5.14 Å². The van der Waals surface area contributed by atoms with Crippen LogP contribution in [0.1, 0.15) is 24.8 Å².